The van der Waals surface area contributed by atoms with Crippen LogP contribution in [0.25, 0.3) is 5.65 Å². The molecule has 0 saturated heterocycles. The van der Waals surface area contributed by atoms with Crippen LogP contribution >= 0.6 is 0 Å². The van der Waals surface area contributed by atoms with Crippen LogP contribution in [0.1, 0.15) is 61.3 Å². The number of ether oxygens (including phenoxy) is 1. The molecule has 0 unspecified atom stereocenters. The fourth-order valence-electron chi connectivity index (χ4n) is 3.23. The molecule has 1 aromatic carbocycles. The van der Waals surface area contributed by atoms with Crippen molar-refractivity contribution in [2.75, 3.05) is 11.9 Å². The number of aromatic nitrogens is 2. The van der Waals surface area contributed by atoms with Crippen LogP contribution in [0.5, 0.6) is 5.75 Å². The van der Waals surface area contributed by atoms with Crippen LogP contribution in [0.3, 0.4) is 0 Å². The first kappa shape index (κ1) is 19.9. The minimum absolute atomic E-state index is 0.151. The molecule has 0 aliphatic carbocycles. The molecule has 3 aromatic rings. The van der Waals surface area contributed by atoms with E-state index in [2.05, 4.69) is 17.2 Å². The van der Waals surface area contributed by atoms with Gasteiger partial charge in [-0.05, 0) is 61.7 Å². The number of rotatable bonds is 9. The average molecular weight is 380 g/mol. The van der Waals surface area contributed by atoms with Crippen molar-refractivity contribution in [3.05, 3.63) is 59.5 Å². The number of hydrogen-bond acceptors (Lipinski definition) is 3. The standard InChI is InChI=1S/C23H29N3O2/c1-4-6-7-8-15-28-19-11-9-18(10-12-19)24-23(27)22-20(5-2)25-21-16-17(3)13-14-26(21)22/h9-14,16H,4-8,15H2,1-3H3,(H,24,27). The summed E-state index contributed by atoms with van der Waals surface area (Å²) in [6, 6.07) is 11.5. The molecule has 0 saturated carbocycles. The summed E-state index contributed by atoms with van der Waals surface area (Å²) in [6.45, 7) is 6.96. The first-order chi connectivity index (χ1) is 13.6. The summed E-state index contributed by atoms with van der Waals surface area (Å²) >= 11 is 0. The first-order valence-electron chi connectivity index (χ1n) is 10.1. The summed E-state index contributed by atoms with van der Waals surface area (Å²) in [5.41, 5.74) is 4.06. The number of nitrogens with one attached hydrogen (secondary N) is 1. The summed E-state index contributed by atoms with van der Waals surface area (Å²) in [7, 11) is 0. The summed E-state index contributed by atoms with van der Waals surface area (Å²) in [4.78, 5) is 17.5. The molecule has 2 heterocycles. The fraction of sp³-hybridized carbons (Fsp3) is 0.391. The predicted octanol–water partition coefficient (Wildman–Crippen LogP) is 5.42. The molecular formula is C23H29N3O2. The molecule has 28 heavy (non-hydrogen) atoms. The van der Waals surface area contributed by atoms with Gasteiger partial charge in [-0.2, -0.15) is 0 Å². The van der Waals surface area contributed by atoms with Crippen LogP contribution < -0.4 is 10.1 Å². The summed E-state index contributed by atoms with van der Waals surface area (Å²) in [6.07, 6.45) is 7.34. The molecule has 0 radical (unpaired) electrons. The SMILES string of the molecule is CCCCCCOc1ccc(NC(=O)c2c(CC)nc3cc(C)ccn23)cc1. The van der Waals surface area contributed by atoms with E-state index in [4.69, 9.17) is 4.74 Å². The van der Waals surface area contributed by atoms with Crippen LogP contribution in [0.2, 0.25) is 0 Å². The van der Waals surface area contributed by atoms with Crippen molar-refractivity contribution in [1.29, 1.82) is 0 Å². The third-order valence-corrected chi connectivity index (χ3v) is 4.78. The van der Waals surface area contributed by atoms with Gasteiger partial charge in [0.1, 0.15) is 17.1 Å². The number of benzene rings is 1. The predicted molar refractivity (Wildman–Crippen MR) is 113 cm³/mol. The highest BCUT2D eigenvalue weighted by molar-refractivity contribution is 6.04. The Morgan fingerprint density at radius 2 is 1.89 bits per heavy atom. The number of pyridine rings is 1. The molecule has 0 aliphatic rings. The second-order valence-electron chi connectivity index (χ2n) is 7.08. The van der Waals surface area contributed by atoms with Gasteiger partial charge in [0, 0.05) is 11.9 Å². The summed E-state index contributed by atoms with van der Waals surface area (Å²) in [5.74, 6) is 0.676. The Balaban J connectivity index is 1.67. The molecule has 5 heteroatoms. The van der Waals surface area contributed by atoms with Gasteiger partial charge >= 0.3 is 0 Å². The van der Waals surface area contributed by atoms with Crippen molar-refractivity contribution in [2.24, 2.45) is 0 Å². The number of unbranched alkanes of at least 4 members (excludes halogenated alkanes) is 3. The van der Waals surface area contributed by atoms with Gasteiger partial charge < -0.3 is 10.1 Å². The van der Waals surface area contributed by atoms with Crippen LogP contribution in [0.4, 0.5) is 5.69 Å². The van der Waals surface area contributed by atoms with Gasteiger partial charge in [-0.15, -0.1) is 0 Å². The topological polar surface area (TPSA) is 55.6 Å². The number of amides is 1. The Morgan fingerprint density at radius 3 is 2.61 bits per heavy atom. The van der Waals surface area contributed by atoms with E-state index < -0.39 is 0 Å². The minimum atomic E-state index is -0.151. The molecule has 5 nitrogen and oxygen atoms in total. The quantitative estimate of drug-likeness (QED) is 0.505. The van der Waals surface area contributed by atoms with Gasteiger partial charge in [0.25, 0.3) is 5.91 Å². The Hall–Kier alpha value is -2.82. The molecular weight excluding hydrogens is 350 g/mol. The van der Waals surface area contributed by atoms with Crippen LogP contribution in [0.15, 0.2) is 42.6 Å². The van der Waals surface area contributed by atoms with Crippen molar-refractivity contribution in [2.45, 2.75) is 52.9 Å². The van der Waals surface area contributed by atoms with Crippen LogP contribution in [-0.4, -0.2) is 21.9 Å². The Bertz CT molecular complexity index is 929. The maximum absolute atomic E-state index is 12.9. The molecule has 1 N–H and O–H groups in total. The lowest BCUT2D eigenvalue weighted by atomic mass is 10.2. The van der Waals surface area contributed by atoms with Crippen molar-refractivity contribution in [3.63, 3.8) is 0 Å². The second kappa shape index (κ2) is 9.40. The number of nitrogens with zero attached hydrogens (tertiary/aromatic N) is 2. The monoisotopic (exact) mass is 379 g/mol. The highest BCUT2D eigenvalue weighted by Gasteiger charge is 2.18. The third-order valence-electron chi connectivity index (χ3n) is 4.78. The lowest BCUT2D eigenvalue weighted by molar-refractivity contribution is 0.102. The highest BCUT2D eigenvalue weighted by atomic mass is 16.5. The number of carbonyl (C=O) groups excluding carboxylic acids is 1. The van der Waals surface area contributed by atoms with Crippen molar-refractivity contribution in [3.8, 4) is 5.75 Å². The summed E-state index contributed by atoms with van der Waals surface area (Å²) in [5, 5.41) is 2.98. The normalized spacial score (nSPS) is 11.0. The first-order valence-corrected chi connectivity index (χ1v) is 10.1. The van der Waals surface area contributed by atoms with Gasteiger partial charge in [0.05, 0.1) is 12.3 Å². The maximum Gasteiger partial charge on any atom is 0.274 e. The lowest BCUT2D eigenvalue weighted by Gasteiger charge is -2.09. The Morgan fingerprint density at radius 1 is 1.11 bits per heavy atom. The van der Waals surface area contributed by atoms with E-state index in [-0.39, 0.29) is 5.91 Å². The van der Waals surface area contributed by atoms with Gasteiger partial charge in [0.2, 0.25) is 0 Å². The van der Waals surface area contributed by atoms with Crippen molar-refractivity contribution >= 4 is 17.2 Å². The molecule has 0 atom stereocenters. The van der Waals surface area contributed by atoms with E-state index in [0.717, 1.165) is 41.4 Å². The molecule has 0 spiro atoms. The average Bonchev–Trinajstić information content (AvgIpc) is 3.06. The number of anilines is 1. The van der Waals surface area contributed by atoms with E-state index in [1.807, 2.05) is 60.8 Å². The maximum atomic E-state index is 12.9. The molecule has 3 rings (SSSR count). The van der Waals surface area contributed by atoms with E-state index in [1.54, 1.807) is 0 Å². The zero-order valence-corrected chi connectivity index (χ0v) is 17.0. The molecule has 2 aromatic heterocycles. The van der Waals surface area contributed by atoms with Gasteiger partial charge in [-0.25, -0.2) is 4.98 Å². The zero-order chi connectivity index (χ0) is 19.9. The Labute approximate surface area is 166 Å². The van der Waals surface area contributed by atoms with Gasteiger partial charge in [-0.3, -0.25) is 9.20 Å². The minimum Gasteiger partial charge on any atom is -0.494 e. The smallest absolute Gasteiger partial charge is 0.274 e. The molecule has 148 valence electrons. The molecule has 0 fully saturated rings. The van der Waals surface area contributed by atoms with E-state index in [1.165, 1.54) is 19.3 Å². The highest BCUT2D eigenvalue weighted by Crippen LogP contribution is 2.19. The summed E-state index contributed by atoms with van der Waals surface area (Å²) < 4.78 is 7.62. The van der Waals surface area contributed by atoms with E-state index in [0.29, 0.717) is 12.1 Å². The van der Waals surface area contributed by atoms with Crippen LogP contribution in [-0.2, 0) is 6.42 Å². The number of carbonyl (C=O) groups is 1. The number of hydrogen-bond donors (Lipinski definition) is 1. The number of fused-ring (bicyclic) bond motifs is 1. The lowest BCUT2D eigenvalue weighted by Crippen LogP contribution is -2.16. The molecule has 0 aliphatic heterocycles. The third kappa shape index (κ3) is 4.71. The van der Waals surface area contributed by atoms with Gasteiger partial charge in [-0.1, -0.05) is 33.1 Å². The Kier molecular flexibility index (Phi) is 6.69. The van der Waals surface area contributed by atoms with Gasteiger partial charge in [0.15, 0.2) is 0 Å². The second-order valence-corrected chi connectivity index (χ2v) is 7.08. The molecule has 0 bridgehead atoms. The van der Waals surface area contributed by atoms with Crippen LogP contribution in [0, 0.1) is 6.92 Å². The van der Waals surface area contributed by atoms with E-state index >= 15 is 0 Å². The largest absolute Gasteiger partial charge is 0.494 e. The number of imidazole rings is 1. The van der Waals surface area contributed by atoms with Crippen molar-refractivity contribution in [1.82, 2.24) is 9.38 Å². The van der Waals surface area contributed by atoms with Crippen molar-refractivity contribution < 1.29 is 9.53 Å². The number of aryl methyl sites for hydroxylation is 2. The zero-order valence-electron chi connectivity index (χ0n) is 17.0. The van der Waals surface area contributed by atoms with E-state index in [9.17, 15) is 4.79 Å². The molecule has 1 amide bonds. The fourth-order valence-corrected chi connectivity index (χ4v) is 3.23.